The lowest BCUT2D eigenvalue weighted by molar-refractivity contribution is -0.138. The van der Waals surface area contributed by atoms with Crippen LogP contribution in [0.15, 0.2) is 70.5 Å². The van der Waals surface area contributed by atoms with Gasteiger partial charge in [0, 0.05) is 25.5 Å². The van der Waals surface area contributed by atoms with E-state index in [-0.39, 0.29) is 5.70 Å². The van der Waals surface area contributed by atoms with Gasteiger partial charge in [-0.1, -0.05) is 0 Å². The van der Waals surface area contributed by atoms with Crippen LogP contribution >= 0.6 is 0 Å². The Kier molecular flexibility index (Phi) is 7.27. The van der Waals surface area contributed by atoms with Crippen LogP contribution in [-0.4, -0.2) is 40.3 Å². The Morgan fingerprint density at radius 2 is 1.43 bits per heavy atom. The number of rotatable bonds is 7. The van der Waals surface area contributed by atoms with Gasteiger partial charge in [-0.05, 0) is 48.5 Å². The normalized spacial score (nSPS) is 11.2. The molecule has 0 saturated carbocycles. The molecule has 0 atom stereocenters. The van der Waals surface area contributed by atoms with Crippen molar-refractivity contribution >= 4 is 34.7 Å². The third kappa shape index (κ3) is 5.94. The minimum Gasteiger partial charge on any atom is -0.466 e. The van der Waals surface area contributed by atoms with Crippen LogP contribution in [0.2, 0.25) is 0 Å². The van der Waals surface area contributed by atoms with Crippen LogP contribution in [0.5, 0.6) is 0 Å². The molecule has 2 aromatic carbocycles. The molecule has 8 heteroatoms. The van der Waals surface area contributed by atoms with Crippen LogP contribution < -0.4 is 10.2 Å². The lowest BCUT2D eigenvalue weighted by atomic mass is 10.2. The zero-order valence-electron chi connectivity index (χ0n) is 16.2. The summed E-state index contributed by atoms with van der Waals surface area (Å²) in [5, 5.41) is 11.2. The molecular formula is C20H22N4O4. The lowest BCUT2D eigenvalue weighted by Crippen LogP contribution is -2.15. The van der Waals surface area contributed by atoms with Crippen LogP contribution in [0, 0.1) is 0 Å². The Hall–Kier alpha value is -3.68. The summed E-state index contributed by atoms with van der Waals surface area (Å²) in [7, 11) is 6.39. The van der Waals surface area contributed by atoms with Crippen molar-refractivity contribution in [3.63, 3.8) is 0 Å². The highest BCUT2D eigenvalue weighted by molar-refractivity contribution is 5.98. The molecule has 146 valence electrons. The summed E-state index contributed by atoms with van der Waals surface area (Å²) in [6.45, 7) is 0. The number of hydrogen-bond acceptors (Lipinski definition) is 8. The molecule has 0 unspecified atom stereocenters. The van der Waals surface area contributed by atoms with Crippen molar-refractivity contribution in [3.05, 3.63) is 60.3 Å². The zero-order chi connectivity index (χ0) is 20.5. The second-order valence-electron chi connectivity index (χ2n) is 5.86. The first-order valence-corrected chi connectivity index (χ1v) is 8.37. The van der Waals surface area contributed by atoms with Gasteiger partial charge in [0.25, 0.3) is 0 Å². The molecule has 0 aliphatic heterocycles. The number of hydrogen-bond donors (Lipinski definition) is 1. The number of nitrogens with zero attached hydrogens (tertiary/aromatic N) is 3. The zero-order valence-corrected chi connectivity index (χ0v) is 16.2. The molecule has 0 radical (unpaired) electrons. The van der Waals surface area contributed by atoms with Crippen LogP contribution in [-0.2, 0) is 19.1 Å². The number of carbonyl (C=O) groups excluding carboxylic acids is 2. The average molecular weight is 382 g/mol. The van der Waals surface area contributed by atoms with E-state index < -0.39 is 11.9 Å². The number of azo groups is 1. The molecule has 8 nitrogen and oxygen atoms in total. The van der Waals surface area contributed by atoms with Gasteiger partial charge < -0.3 is 19.7 Å². The second-order valence-corrected chi connectivity index (χ2v) is 5.86. The molecule has 0 aliphatic rings. The minimum atomic E-state index is -0.685. The molecule has 0 heterocycles. The first-order valence-electron chi connectivity index (χ1n) is 8.37. The molecule has 0 amide bonds. The highest BCUT2D eigenvalue weighted by atomic mass is 16.5. The molecule has 1 N–H and O–H groups in total. The van der Waals surface area contributed by atoms with Crippen LogP contribution in [0.3, 0.4) is 0 Å². The number of nitrogens with one attached hydrogen (secondary N) is 1. The molecular weight excluding hydrogens is 360 g/mol. The summed E-state index contributed by atoms with van der Waals surface area (Å²) in [4.78, 5) is 25.2. The molecule has 0 fully saturated rings. The Morgan fingerprint density at radius 1 is 0.893 bits per heavy atom. The first-order chi connectivity index (χ1) is 13.4. The van der Waals surface area contributed by atoms with Crippen molar-refractivity contribution in [3.8, 4) is 0 Å². The highest BCUT2D eigenvalue weighted by Crippen LogP contribution is 2.23. The molecule has 2 rings (SSSR count). The fourth-order valence-electron chi connectivity index (χ4n) is 2.13. The molecule has 0 aliphatic carbocycles. The summed E-state index contributed by atoms with van der Waals surface area (Å²) >= 11 is 0. The van der Waals surface area contributed by atoms with Crippen LogP contribution in [0.25, 0.3) is 0 Å². The van der Waals surface area contributed by atoms with Crippen molar-refractivity contribution in [2.75, 3.05) is 38.5 Å². The van der Waals surface area contributed by atoms with Crippen molar-refractivity contribution in [2.24, 2.45) is 10.2 Å². The van der Waals surface area contributed by atoms with Crippen molar-refractivity contribution in [1.82, 2.24) is 0 Å². The monoisotopic (exact) mass is 382 g/mol. The van der Waals surface area contributed by atoms with E-state index in [4.69, 9.17) is 0 Å². The smallest absolute Gasteiger partial charge is 0.354 e. The summed E-state index contributed by atoms with van der Waals surface area (Å²) < 4.78 is 9.18. The standard InChI is InChI=1S/C20H22N4O4/c1-24(2)17-11-9-16(10-12-17)23-22-15-7-5-14(6-8-15)21-18(20(26)28-4)13-19(25)27-3/h5-13,21H,1-4H3/b18-13+,23-22?. The van der Waals surface area contributed by atoms with Crippen molar-refractivity contribution in [1.29, 1.82) is 0 Å². The van der Waals surface area contributed by atoms with Gasteiger partial charge >= 0.3 is 11.9 Å². The van der Waals surface area contributed by atoms with Gasteiger partial charge in [0.05, 0.1) is 31.7 Å². The summed E-state index contributed by atoms with van der Waals surface area (Å²) in [5.41, 5.74) is 3.00. The third-order valence-electron chi connectivity index (χ3n) is 3.66. The van der Waals surface area contributed by atoms with Gasteiger partial charge in [-0.3, -0.25) is 0 Å². The highest BCUT2D eigenvalue weighted by Gasteiger charge is 2.12. The number of esters is 2. The SMILES string of the molecule is COC(=O)/C=C(/Nc1ccc(N=Nc2ccc(N(C)C)cc2)cc1)C(=O)OC. The maximum atomic E-state index is 11.8. The molecule has 28 heavy (non-hydrogen) atoms. The Bertz CT molecular complexity index is 872. The Morgan fingerprint density at radius 3 is 1.89 bits per heavy atom. The van der Waals surface area contributed by atoms with Crippen molar-refractivity contribution in [2.45, 2.75) is 0 Å². The van der Waals surface area contributed by atoms with E-state index in [1.807, 2.05) is 43.3 Å². The van der Waals surface area contributed by atoms with E-state index in [0.717, 1.165) is 17.5 Å². The molecule has 0 saturated heterocycles. The lowest BCUT2D eigenvalue weighted by Gasteiger charge is -2.11. The summed E-state index contributed by atoms with van der Waals surface area (Å²) in [5.74, 6) is -1.35. The van der Waals surface area contributed by atoms with E-state index in [1.165, 1.54) is 14.2 Å². The Balaban J connectivity index is 2.08. The predicted octanol–water partition coefficient (Wildman–Crippen LogP) is 3.81. The molecule has 0 aromatic heterocycles. The van der Waals surface area contributed by atoms with Gasteiger partial charge in [0.1, 0.15) is 5.70 Å². The van der Waals surface area contributed by atoms with Crippen LogP contribution in [0.4, 0.5) is 22.7 Å². The fourth-order valence-corrected chi connectivity index (χ4v) is 2.13. The van der Waals surface area contributed by atoms with E-state index in [2.05, 4.69) is 25.0 Å². The topological polar surface area (TPSA) is 92.6 Å². The predicted molar refractivity (Wildman–Crippen MR) is 107 cm³/mol. The van der Waals surface area contributed by atoms with Gasteiger partial charge in [0.15, 0.2) is 0 Å². The van der Waals surface area contributed by atoms with E-state index in [9.17, 15) is 9.59 Å². The van der Waals surface area contributed by atoms with Gasteiger partial charge in [-0.25, -0.2) is 9.59 Å². The van der Waals surface area contributed by atoms with E-state index in [1.54, 1.807) is 24.3 Å². The van der Waals surface area contributed by atoms with E-state index >= 15 is 0 Å². The number of ether oxygens (including phenoxy) is 2. The number of anilines is 2. The third-order valence-corrected chi connectivity index (χ3v) is 3.66. The molecule has 0 spiro atoms. The Labute approximate surface area is 163 Å². The molecule has 0 bridgehead atoms. The van der Waals surface area contributed by atoms with Crippen LogP contribution in [0.1, 0.15) is 0 Å². The number of carbonyl (C=O) groups is 2. The number of benzene rings is 2. The van der Waals surface area contributed by atoms with Crippen molar-refractivity contribution < 1.29 is 19.1 Å². The number of methoxy groups -OCH3 is 2. The van der Waals surface area contributed by atoms with E-state index in [0.29, 0.717) is 11.4 Å². The first kappa shape index (κ1) is 20.6. The second kappa shape index (κ2) is 9.86. The maximum Gasteiger partial charge on any atom is 0.354 e. The quantitative estimate of drug-likeness (QED) is 0.445. The summed E-state index contributed by atoms with van der Waals surface area (Å²) in [6, 6.07) is 14.6. The van der Waals surface area contributed by atoms with Gasteiger partial charge in [0.2, 0.25) is 0 Å². The fraction of sp³-hybridized carbons (Fsp3) is 0.200. The maximum absolute atomic E-state index is 11.8. The van der Waals surface area contributed by atoms with Gasteiger partial charge in [-0.15, -0.1) is 0 Å². The van der Waals surface area contributed by atoms with Gasteiger partial charge in [-0.2, -0.15) is 10.2 Å². The minimum absolute atomic E-state index is 0.0373. The largest absolute Gasteiger partial charge is 0.466 e. The average Bonchev–Trinajstić information content (AvgIpc) is 2.72. The molecule has 2 aromatic rings. The summed E-state index contributed by atoms with van der Waals surface area (Å²) in [6.07, 6.45) is 1.02.